The highest BCUT2D eigenvalue weighted by molar-refractivity contribution is 6.12. The van der Waals surface area contributed by atoms with Crippen LogP contribution in [0.4, 0.5) is 0 Å². The Morgan fingerprint density at radius 2 is 1.48 bits per heavy atom. The van der Waals surface area contributed by atoms with E-state index in [2.05, 4.69) is 135 Å². The minimum atomic E-state index is -0.475. The molecular formula is C48H56O2. The van der Waals surface area contributed by atoms with Crippen LogP contribution in [0, 0.1) is 22.7 Å². The topological polar surface area (TPSA) is 26.3 Å². The van der Waals surface area contributed by atoms with Crippen molar-refractivity contribution in [1.29, 1.82) is 0 Å². The van der Waals surface area contributed by atoms with Gasteiger partial charge in [0.15, 0.2) is 5.78 Å². The number of hydrogen-bond donors (Lipinski definition) is 0. The first-order valence-electron chi connectivity index (χ1n) is 18.5. The van der Waals surface area contributed by atoms with Gasteiger partial charge >= 0.3 is 0 Å². The Morgan fingerprint density at radius 3 is 2.14 bits per heavy atom. The minimum absolute atomic E-state index is 0.0721. The van der Waals surface area contributed by atoms with Gasteiger partial charge in [-0.1, -0.05) is 161 Å². The fraction of sp³-hybridized carbons (Fsp3) is 0.396. The van der Waals surface area contributed by atoms with E-state index in [9.17, 15) is 4.79 Å². The molecule has 0 bridgehead atoms. The number of fused-ring (bicyclic) bond motifs is 8. The first-order chi connectivity index (χ1) is 23.3. The second-order valence-electron chi connectivity index (χ2n) is 18.2. The first-order valence-corrected chi connectivity index (χ1v) is 18.5. The number of ether oxygens (including phenoxy) is 1. The van der Waals surface area contributed by atoms with Gasteiger partial charge in [0, 0.05) is 16.9 Å². The van der Waals surface area contributed by atoms with Crippen LogP contribution < -0.4 is 0 Å². The average Bonchev–Trinajstić information content (AvgIpc) is 3.16. The zero-order valence-electron chi connectivity index (χ0n) is 32.5. The van der Waals surface area contributed by atoms with E-state index in [1.807, 2.05) is 27.0 Å². The van der Waals surface area contributed by atoms with Crippen molar-refractivity contribution >= 4 is 44.6 Å². The standard InChI is InChI=1S/C48H56O2/c1-29(2)23-31-14-19-39-41(24-31)33(28-50-44(48(10,11)12)27-43(49)47(7,8)9)25-40-30(3)13-18-36-35-20-16-32-15-17-34(46(4,5)6)26-42(32)37(35)21-22-38(36)45(39)40/h13-22,24,26-30H,23,25H2,1-12H3/b33-28+,44-27-. The molecule has 4 aromatic carbocycles. The summed E-state index contributed by atoms with van der Waals surface area (Å²) in [5.41, 5.74) is 11.0. The molecule has 0 saturated heterocycles. The normalized spacial score (nSPS) is 17.7. The van der Waals surface area contributed by atoms with Crippen LogP contribution >= 0.6 is 0 Å². The van der Waals surface area contributed by atoms with Gasteiger partial charge in [0.2, 0.25) is 0 Å². The van der Waals surface area contributed by atoms with Gasteiger partial charge in [-0.2, -0.15) is 0 Å². The van der Waals surface area contributed by atoms with Crippen molar-refractivity contribution in [2.45, 2.75) is 101 Å². The summed E-state index contributed by atoms with van der Waals surface area (Å²) in [6.45, 7) is 25.9. The van der Waals surface area contributed by atoms with Crippen LogP contribution in [0.25, 0.3) is 38.8 Å². The van der Waals surface area contributed by atoms with Crippen molar-refractivity contribution in [3.8, 4) is 0 Å². The number of ketones is 1. The van der Waals surface area contributed by atoms with Gasteiger partial charge in [-0.15, -0.1) is 0 Å². The third kappa shape index (κ3) is 6.91. The van der Waals surface area contributed by atoms with Crippen molar-refractivity contribution in [2.24, 2.45) is 22.7 Å². The number of carbonyl (C=O) groups is 1. The van der Waals surface area contributed by atoms with Gasteiger partial charge in [-0.3, -0.25) is 4.79 Å². The second-order valence-corrected chi connectivity index (χ2v) is 18.2. The molecule has 0 spiro atoms. The zero-order valence-corrected chi connectivity index (χ0v) is 32.5. The van der Waals surface area contributed by atoms with Crippen molar-refractivity contribution in [1.82, 2.24) is 0 Å². The van der Waals surface area contributed by atoms with E-state index in [0.29, 0.717) is 11.7 Å². The summed E-state index contributed by atoms with van der Waals surface area (Å²) in [6.07, 6.45) is 10.2. The Morgan fingerprint density at radius 1 is 0.800 bits per heavy atom. The molecule has 6 rings (SSSR count). The fourth-order valence-electron chi connectivity index (χ4n) is 7.32. The molecular weight excluding hydrogens is 609 g/mol. The zero-order chi connectivity index (χ0) is 36.3. The van der Waals surface area contributed by atoms with Gasteiger partial charge in [0.05, 0.1) is 6.26 Å². The Bertz CT molecular complexity index is 2120. The highest BCUT2D eigenvalue weighted by atomic mass is 16.5. The maximum atomic E-state index is 13.1. The third-order valence-corrected chi connectivity index (χ3v) is 10.4. The molecule has 2 heteroatoms. The van der Waals surface area contributed by atoms with Crippen LogP contribution in [0.3, 0.4) is 0 Å². The average molecular weight is 665 g/mol. The Labute approximate surface area is 301 Å². The summed E-state index contributed by atoms with van der Waals surface area (Å²) in [5, 5.41) is 5.19. The van der Waals surface area contributed by atoms with E-state index in [1.54, 1.807) is 6.08 Å². The molecule has 2 nitrogen and oxygen atoms in total. The first kappa shape index (κ1) is 35.6. The molecule has 4 aromatic rings. The summed E-state index contributed by atoms with van der Waals surface area (Å²) < 4.78 is 6.58. The summed E-state index contributed by atoms with van der Waals surface area (Å²) in [7, 11) is 0. The van der Waals surface area contributed by atoms with Gasteiger partial charge in [0.1, 0.15) is 5.76 Å². The quantitative estimate of drug-likeness (QED) is 0.121. The SMILES string of the molecule is CC(C)Cc1ccc2c(c1)/C(=C/O/C(=C\C(=O)C(C)(C)C)C(C)(C)C)CC1=C2c2ccc3c(ccc4ccc(C(C)(C)C)cc43)c2C=CC1C. The molecule has 50 heavy (non-hydrogen) atoms. The van der Waals surface area contributed by atoms with Crippen molar-refractivity contribution in [3.05, 3.63) is 124 Å². The second kappa shape index (κ2) is 12.9. The van der Waals surface area contributed by atoms with E-state index in [1.165, 1.54) is 66.1 Å². The van der Waals surface area contributed by atoms with Crippen LogP contribution in [0.2, 0.25) is 0 Å². The van der Waals surface area contributed by atoms with Crippen LogP contribution in [0.1, 0.15) is 123 Å². The molecule has 2 aliphatic carbocycles. The molecule has 1 unspecified atom stereocenters. The van der Waals surface area contributed by atoms with Crippen molar-refractivity contribution in [2.75, 3.05) is 0 Å². The van der Waals surface area contributed by atoms with Gasteiger partial charge in [-0.25, -0.2) is 0 Å². The lowest BCUT2D eigenvalue weighted by atomic mass is 9.75. The lowest BCUT2D eigenvalue weighted by Crippen LogP contribution is -2.21. The van der Waals surface area contributed by atoms with Gasteiger partial charge < -0.3 is 4.74 Å². The molecule has 0 amide bonds. The lowest BCUT2D eigenvalue weighted by Gasteiger charge is -2.30. The monoisotopic (exact) mass is 664 g/mol. The summed E-state index contributed by atoms with van der Waals surface area (Å²) in [6, 6.07) is 23.3. The van der Waals surface area contributed by atoms with Crippen LogP contribution in [-0.4, -0.2) is 5.78 Å². The smallest absolute Gasteiger partial charge is 0.164 e. The molecule has 0 radical (unpaired) electrons. The summed E-state index contributed by atoms with van der Waals surface area (Å²) in [4.78, 5) is 13.1. The molecule has 0 aliphatic heterocycles. The van der Waals surface area contributed by atoms with E-state index in [-0.39, 0.29) is 22.5 Å². The molecule has 0 heterocycles. The molecule has 0 aromatic heterocycles. The number of carbonyl (C=O) groups excluding carboxylic acids is 1. The summed E-state index contributed by atoms with van der Waals surface area (Å²) >= 11 is 0. The predicted octanol–water partition coefficient (Wildman–Crippen LogP) is 13.3. The minimum Gasteiger partial charge on any atom is -0.468 e. The number of hydrogen-bond acceptors (Lipinski definition) is 2. The molecule has 0 N–H and O–H groups in total. The van der Waals surface area contributed by atoms with Crippen molar-refractivity contribution < 1.29 is 9.53 Å². The highest BCUT2D eigenvalue weighted by Gasteiger charge is 2.31. The maximum absolute atomic E-state index is 13.1. The lowest BCUT2D eigenvalue weighted by molar-refractivity contribution is -0.121. The van der Waals surface area contributed by atoms with E-state index >= 15 is 0 Å². The molecule has 0 saturated carbocycles. The van der Waals surface area contributed by atoms with Crippen LogP contribution in [-0.2, 0) is 21.4 Å². The largest absolute Gasteiger partial charge is 0.468 e. The van der Waals surface area contributed by atoms with E-state index in [0.717, 1.165) is 18.4 Å². The summed E-state index contributed by atoms with van der Waals surface area (Å²) in [5.74, 6) is 1.56. The molecule has 0 fully saturated rings. The Balaban J connectivity index is 1.54. The molecule has 2 aliphatic rings. The van der Waals surface area contributed by atoms with Crippen LogP contribution in [0.15, 0.2) is 90.4 Å². The van der Waals surface area contributed by atoms with Crippen molar-refractivity contribution in [3.63, 3.8) is 0 Å². The molecule has 260 valence electrons. The van der Waals surface area contributed by atoms with Gasteiger partial charge in [-0.05, 0) is 96.2 Å². The van der Waals surface area contributed by atoms with Gasteiger partial charge in [0.25, 0.3) is 0 Å². The van der Waals surface area contributed by atoms with E-state index < -0.39 is 5.41 Å². The number of allylic oxidation sites excluding steroid dienone is 5. The van der Waals surface area contributed by atoms with Crippen LogP contribution in [0.5, 0.6) is 0 Å². The Hall–Kier alpha value is -4.17. The number of benzene rings is 4. The predicted molar refractivity (Wildman–Crippen MR) is 215 cm³/mol. The number of rotatable bonds is 5. The highest BCUT2D eigenvalue weighted by Crippen LogP contribution is 2.49. The third-order valence-electron chi connectivity index (χ3n) is 10.4. The Kier molecular flexibility index (Phi) is 9.17. The van der Waals surface area contributed by atoms with E-state index in [4.69, 9.17) is 4.74 Å². The maximum Gasteiger partial charge on any atom is 0.164 e. The fourth-order valence-corrected chi connectivity index (χ4v) is 7.32. The molecule has 1 atom stereocenters.